The van der Waals surface area contributed by atoms with Crippen molar-refractivity contribution in [1.29, 1.82) is 0 Å². The molecule has 0 spiro atoms. The molecule has 0 atom stereocenters. The van der Waals surface area contributed by atoms with Gasteiger partial charge in [0.1, 0.15) is 0 Å². The van der Waals surface area contributed by atoms with Gasteiger partial charge in [-0.05, 0) is 53.8 Å². The van der Waals surface area contributed by atoms with Crippen molar-refractivity contribution >= 4 is 23.5 Å². The molecule has 0 unspecified atom stereocenters. The number of rotatable bonds is 10. The molecule has 0 aliphatic heterocycles. The zero-order valence-corrected chi connectivity index (χ0v) is 14.1. The van der Waals surface area contributed by atoms with Crippen LogP contribution in [-0.4, -0.2) is 23.8 Å². The molecule has 1 N–H and O–H groups in total. The van der Waals surface area contributed by atoms with E-state index in [1.54, 1.807) is 0 Å². The van der Waals surface area contributed by atoms with E-state index in [0.717, 1.165) is 19.0 Å². The summed E-state index contributed by atoms with van der Waals surface area (Å²) in [6.07, 6.45) is 1.31. The molecule has 108 valence electrons. The minimum atomic E-state index is 0.718. The predicted molar refractivity (Wildman–Crippen MR) is 91.3 cm³/mol. The second kappa shape index (κ2) is 10.6. The van der Waals surface area contributed by atoms with Crippen LogP contribution in [0.15, 0.2) is 29.2 Å². The Bertz CT molecular complexity index is 322. The van der Waals surface area contributed by atoms with Crippen LogP contribution in [-0.2, 0) is 6.54 Å². The second-order valence-electron chi connectivity index (χ2n) is 5.07. The van der Waals surface area contributed by atoms with Gasteiger partial charge in [-0.3, -0.25) is 0 Å². The molecule has 0 aliphatic rings. The van der Waals surface area contributed by atoms with E-state index in [1.807, 2.05) is 23.5 Å². The highest BCUT2D eigenvalue weighted by Crippen LogP contribution is 2.20. The van der Waals surface area contributed by atoms with Crippen molar-refractivity contribution in [1.82, 2.24) is 5.32 Å². The van der Waals surface area contributed by atoms with Crippen LogP contribution in [0.1, 0.15) is 32.8 Å². The fourth-order valence-electron chi connectivity index (χ4n) is 1.70. The summed E-state index contributed by atoms with van der Waals surface area (Å²) >= 11 is 4.01. The lowest BCUT2D eigenvalue weighted by Gasteiger charge is -2.08. The summed E-state index contributed by atoms with van der Waals surface area (Å²) in [7, 11) is 0. The average molecular weight is 298 g/mol. The Morgan fingerprint density at radius 1 is 1.11 bits per heavy atom. The van der Waals surface area contributed by atoms with Crippen LogP contribution in [0.25, 0.3) is 0 Å². The van der Waals surface area contributed by atoms with Crippen molar-refractivity contribution in [2.45, 2.75) is 38.6 Å². The van der Waals surface area contributed by atoms with Crippen LogP contribution in [0.3, 0.4) is 0 Å². The van der Waals surface area contributed by atoms with Gasteiger partial charge in [-0.1, -0.05) is 32.9 Å². The molecule has 0 fully saturated rings. The zero-order chi connectivity index (χ0) is 13.9. The Morgan fingerprint density at radius 3 is 2.47 bits per heavy atom. The summed E-state index contributed by atoms with van der Waals surface area (Å²) in [6.45, 7) is 8.78. The molecule has 1 aromatic carbocycles. The van der Waals surface area contributed by atoms with Gasteiger partial charge in [0.15, 0.2) is 0 Å². The average Bonchev–Trinajstić information content (AvgIpc) is 2.40. The molecular formula is C16H27NS2. The van der Waals surface area contributed by atoms with Crippen LogP contribution in [0, 0.1) is 5.92 Å². The standard InChI is InChI=1S/C16H27NS2/c1-4-18-10-5-11-19-16-8-6-15(7-9-16)13-17-12-14(2)3/h6-9,14,17H,4-5,10-13H2,1-3H3. The van der Waals surface area contributed by atoms with Crippen molar-refractivity contribution in [2.24, 2.45) is 5.92 Å². The Labute approximate surface area is 127 Å². The van der Waals surface area contributed by atoms with Crippen molar-refractivity contribution < 1.29 is 0 Å². The largest absolute Gasteiger partial charge is 0.312 e. The topological polar surface area (TPSA) is 12.0 Å². The van der Waals surface area contributed by atoms with Crippen LogP contribution in [0.5, 0.6) is 0 Å². The Hall–Kier alpha value is -0.120. The van der Waals surface area contributed by atoms with Gasteiger partial charge in [-0.15, -0.1) is 11.8 Å². The number of nitrogens with one attached hydrogen (secondary N) is 1. The summed E-state index contributed by atoms with van der Waals surface area (Å²) < 4.78 is 0. The van der Waals surface area contributed by atoms with E-state index in [4.69, 9.17) is 0 Å². The summed E-state index contributed by atoms with van der Waals surface area (Å²) in [6, 6.07) is 9.00. The molecule has 3 heteroatoms. The van der Waals surface area contributed by atoms with Gasteiger partial charge in [-0.25, -0.2) is 0 Å². The Kier molecular flexibility index (Phi) is 9.48. The fraction of sp³-hybridized carbons (Fsp3) is 0.625. The number of benzene rings is 1. The molecule has 0 radical (unpaired) electrons. The van der Waals surface area contributed by atoms with Crippen LogP contribution in [0.2, 0.25) is 0 Å². The highest BCUT2D eigenvalue weighted by molar-refractivity contribution is 8.00. The van der Waals surface area contributed by atoms with Crippen molar-refractivity contribution in [3.8, 4) is 0 Å². The fourth-order valence-corrected chi connectivity index (χ4v) is 3.38. The van der Waals surface area contributed by atoms with E-state index in [0.29, 0.717) is 0 Å². The Morgan fingerprint density at radius 2 is 1.84 bits per heavy atom. The van der Waals surface area contributed by atoms with Gasteiger partial charge in [-0.2, -0.15) is 11.8 Å². The number of hydrogen-bond acceptors (Lipinski definition) is 3. The molecular weight excluding hydrogens is 270 g/mol. The molecule has 0 heterocycles. The molecule has 0 bridgehead atoms. The maximum atomic E-state index is 3.48. The third-order valence-electron chi connectivity index (χ3n) is 2.71. The van der Waals surface area contributed by atoms with Crippen LogP contribution >= 0.6 is 23.5 Å². The lowest BCUT2D eigenvalue weighted by Crippen LogP contribution is -2.18. The van der Waals surface area contributed by atoms with Crippen LogP contribution in [0.4, 0.5) is 0 Å². The first-order valence-corrected chi connectivity index (χ1v) is 9.36. The summed E-state index contributed by atoms with van der Waals surface area (Å²) in [5.41, 5.74) is 1.38. The van der Waals surface area contributed by atoms with Gasteiger partial charge in [0.05, 0.1) is 0 Å². The van der Waals surface area contributed by atoms with Gasteiger partial charge in [0.2, 0.25) is 0 Å². The summed E-state index contributed by atoms with van der Waals surface area (Å²) in [5.74, 6) is 4.48. The summed E-state index contributed by atoms with van der Waals surface area (Å²) in [4.78, 5) is 1.40. The van der Waals surface area contributed by atoms with Gasteiger partial charge in [0, 0.05) is 11.4 Å². The molecule has 0 aliphatic carbocycles. The smallest absolute Gasteiger partial charge is 0.0205 e. The lowest BCUT2D eigenvalue weighted by atomic mass is 10.2. The van der Waals surface area contributed by atoms with Crippen molar-refractivity contribution in [3.63, 3.8) is 0 Å². The minimum Gasteiger partial charge on any atom is -0.312 e. The van der Waals surface area contributed by atoms with Crippen LogP contribution < -0.4 is 5.32 Å². The SMILES string of the molecule is CCSCCCSc1ccc(CNCC(C)C)cc1. The van der Waals surface area contributed by atoms with E-state index in [-0.39, 0.29) is 0 Å². The number of thioether (sulfide) groups is 2. The maximum absolute atomic E-state index is 3.48. The zero-order valence-electron chi connectivity index (χ0n) is 12.4. The van der Waals surface area contributed by atoms with E-state index in [2.05, 4.69) is 50.4 Å². The molecule has 1 aromatic rings. The third-order valence-corrected chi connectivity index (χ3v) is 4.79. The first kappa shape index (κ1) is 16.9. The minimum absolute atomic E-state index is 0.718. The van der Waals surface area contributed by atoms with Gasteiger partial charge < -0.3 is 5.32 Å². The van der Waals surface area contributed by atoms with E-state index >= 15 is 0 Å². The second-order valence-corrected chi connectivity index (χ2v) is 7.63. The molecule has 1 rings (SSSR count). The van der Waals surface area contributed by atoms with E-state index < -0.39 is 0 Å². The predicted octanol–water partition coefficient (Wildman–Crippen LogP) is 4.67. The Balaban J connectivity index is 2.19. The highest BCUT2D eigenvalue weighted by Gasteiger charge is 1.97. The van der Waals surface area contributed by atoms with Crippen molar-refractivity contribution in [3.05, 3.63) is 29.8 Å². The third kappa shape index (κ3) is 8.61. The van der Waals surface area contributed by atoms with Crippen molar-refractivity contribution in [2.75, 3.05) is 23.8 Å². The maximum Gasteiger partial charge on any atom is 0.0205 e. The highest BCUT2D eigenvalue weighted by atomic mass is 32.2. The first-order valence-electron chi connectivity index (χ1n) is 7.22. The number of hydrogen-bond donors (Lipinski definition) is 1. The monoisotopic (exact) mass is 297 g/mol. The first-order chi connectivity index (χ1) is 9.22. The quantitative estimate of drug-likeness (QED) is 0.498. The molecule has 0 saturated heterocycles. The van der Waals surface area contributed by atoms with Gasteiger partial charge in [0.25, 0.3) is 0 Å². The molecule has 0 aromatic heterocycles. The molecule has 1 nitrogen and oxygen atoms in total. The summed E-state index contributed by atoms with van der Waals surface area (Å²) in [5, 5.41) is 3.48. The lowest BCUT2D eigenvalue weighted by molar-refractivity contribution is 0.552. The molecule has 19 heavy (non-hydrogen) atoms. The molecule has 0 saturated carbocycles. The van der Waals surface area contributed by atoms with E-state index in [1.165, 1.54) is 34.1 Å². The molecule has 0 amide bonds. The van der Waals surface area contributed by atoms with Gasteiger partial charge >= 0.3 is 0 Å². The van der Waals surface area contributed by atoms with E-state index in [9.17, 15) is 0 Å². The normalized spacial score (nSPS) is 11.2.